The van der Waals surface area contributed by atoms with Crippen LogP contribution in [-0.4, -0.2) is 12.6 Å². The average Bonchev–Trinajstić information content (AvgIpc) is 3.02. The van der Waals surface area contributed by atoms with Gasteiger partial charge >= 0.3 is 0 Å². The first-order chi connectivity index (χ1) is 9.72. The highest BCUT2D eigenvalue weighted by atomic mass is 35.5. The molecule has 20 heavy (non-hydrogen) atoms. The van der Waals surface area contributed by atoms with Crippen molar-refractivity contribution in [3.63, 3.8) is 0 Å². The molecule has 2 unspecified atom stereocenters. The lowest BCUT2D eigenvalue weighted by atomic mass is 9.91. The van der Waals surface area contributed by atoms with Crippen molar-refractivity contribution in [2.75, 3.05) is 17.2 Å². The number of hydrogen-bond donors (Lipinski definition) is 2. The summed E-state index contributed by atoms with van der Waals surface area (Å²) in [4.78, 5) is 0. The lowest BCUT2D eigenvalue weighted by Crippen LogP contribution is -2.26. The van der Waals surface area contributed by atoms with E-state index in [4.69, 9.17) is 23.2 Å². The van der Waals surface area contributed by atoms with Gasteiger partial charge in [-0.25, -0.2) is 0 Å². The van der Waals surface area contributed by atoms with Crippen molar-refractivity contribution in [3.8, 4) is 0 Å². The maximum absolute atomic E-state index is 6.17. The minimum atomic E-state index is 0.415. The third-order valence-electron chi connectivity index (χ3n) is 4.29. The van der Waals surface area contributed by atoms with Crippen molar-refractivity contribution in [3.05, 3.63) is 57.6 Å². The van der Waals surface area contributed by atoms with Crippen molar-refractivity contribution >= 4 is 34.6 Å². The van der Waals surface area contributed by atoms with E-state index in [0.717, 1.165) is 18.7 Å². The van der Waals surface area contributed by atoms with E-state index in [1.165, 1.54) is 16.8 Å². The van der Waals surface area contributed by atoms with E-state index in [1.54, 1.807) is 0 Å². The second-order valence-electron chi connectivity index (χ2n) is 5.45. The monoisotopic (exact) mass is 304 g/mol. The van der Waals surface area contributed by atoms with Crippen LogP contribution in [0.1, 0.15) is 17.0 Å². The summed E-state index contributed by atoms with van der Waals surface area (Å²) in [6, 6.07) is 12.9. The molecule has 0 aliphatic carbocycles. The molecule has 4 rings (SSSR count). The fraction of sp³-hybridized carbons (Fsp3) is 0.250. The summed E-state index contributed by atoms with van der Waals surface area (Å²) in [6.07, 6.45) is 1.06. The Morgan fingerprint density at radius 2 is 1.80 bits per heavy atom. The van der Waals surface area contributed by atoms with Gasteiger partial charge in [0.1, 0.15) is 0 Å². The molecule has 0 aromatic heterocycles. The van der Waals surface area contributed by atoms with E-state index >= 15 is 0 Å². The number of para-hydroxylation sites is 1. The normalized spacial score (nSPS) is 22.9. The van der Waals surface area contributed by atoms with Gasteiger partial charge in [0.05, 0.1) is 10.0 Å². The molecule has 102 valence electrons. The average molecular weight is 305 g/mol. The molecule has 0 bridgehead atoms. The highest BCUT2D eigenvalue weighted by molar-refractivity contribution is 6.42. The van der Waals surface area contributed by atoms with Crippen LogP contribution in [0.3, 0.4) is 0 Å². The Kier molecular flexibility index (Phi) is 2.83. The maximum Gasteiger partial charge on any atom is 0.0613 e. The second kappa shape index (κ2) is 4.57. The summed E-state index contributed by atoms with van der Waals surface area (Å²) in [6.45, 7) is 0.928. The molecule has 2 nitrogen and oxygen atoms in total. The lowest BCUT2D eigenvalue weighted by Gasteiger charge is -2.19. The number of halogens is 2. The molecule has 2 atom stereocenters. The number of anilines is 2. The van der Waals surface area contributed by atoms with Gasteiger partial charge in [-0.1, -0.05) is 41.4 Å². The van der Waals surface area contributed by atoms with Crippen LogP contribution in [0.2, 0.25) is 10.0 Å². The molecule has 0 radical (unpaired) electrons. The van der Waals surface area contributed by atoms with Gasteiger partial charge in [0.15, 0.2) is 0 Å². The van der Waals surface area contributed by atoms with Gasteiger partial charge in [0.25, 0.3) is 0 Å². The third-order valence-corrected chi connectivity index (χ3v) is 5.01. The number of rotatable bonds is 1. The molecule has 2 N–H and O–H groups in total. The molecule has 4 heteroatoms. The van der Waals surface area contributed by atoms with E-state index < -0.39 is 0 Å². The summed E-state index contributed by atoms with van der Waals surface area (Å²) >= 11 is 12.3. The Bertz CT molecular complexity index is 659. The zero-order valence-corrected chi connectivity index (χ0v) is 12.3. The van der Waals surface area contributed by atoms with E-state index in [0.29, 0.717) is 22.0 Å². The molecule has 0 fully saturated rings. The second-order valence-corrected chi connectivity index (χ2v) is 6.27. The Balaban J connectivity index is 1.66. The van der Waals surface area contributed by atoms with Gasteiger partial charge in [-0.15, -0.1) is 0 Å². The van der Waals surface area contributed by atoms with Crippen LogP contribution in [0.15, 0.2) is 36.4 Å². The standard InChI is InChI=1S/C16H14Cl2N2/c17-12-6-10-11(8-19-15(10)7-13(12)18)16-5-9-3-1-2-4-14(9)20-16/h1-4,6-7,11,16,19-20H,5,8H2. The van der Waals surface area contributed by atoms with E-state index in [9.17, 15) is 0 Å². The van der Waals surface area contributed by atoms with Gasteiger partial charge < -0.3 is 10.6 Å². The molecule has 0 spiro atoms. The summed E-state index contributed by atoms with van der Waals surface area (Å²) in [5, 5.41) is 8.32. The molecule has 2 aliphatic rings. The maximum atomic E-state index is 6.17. The molecule has 2 heterocycles. The van der Waals surface area contributed by atoms with Crippen LogP contribution >= 0.6 is 23.2 Å². The third kappa shape index (κ3) is 1.87. The van der Waals surface area contributed by atoms with Crippen LogP contribution in [0.5, 0.6) is 0 Å². The van der Waals surface area contributed by atoms with Crippen molar-refractivity contribution in [2.45, 2.75) is 18.4 Å². The molecule has 2 aromatic rings. The smallest absolute Gasteiger partial charge is 0.0613 e. The topological polar surface area (TPSA) is 24.1 Å². The fourth-order valence-electron chi connectivity index (χ4n) is 3.28. The minimum Gasteiger partial charge on any atom is -0.384 e. The zero-order chi connectivity index (χ0) is 13.7. The summed E-state index contributed by atoms with van der Waals surface area (Å²) < 4.78 is 0. The number of hydrogen-bond acceptors (Lipinski definition) is 2. The predicted octanol–water partition coefficient (Wildman–Crippen LogP) is 4.54. The highest BCUT2D eigenvalue weighted by Crippen LogP contribution is 2.42. The molecular formula is C16H14Cl2N2. The predicted molar refractivity (Wildman–Crippen MR) is 85.2 cm³/mol. The van der Waals surface area contributed by atoms with Crippen LogP contribution < -0.4 is 10.6 Å². The Hall–Kier alpha value is -1.38. The van der Waals surface area contributed by atoms with Crippen molar-refractivity contribution in [1.82, 2.24) is 0 Å². The van der Waals surface area contributed by atoms with Crippen LogP contribution in [0.4, 0.5) is 11.4 Å². The van der Waals surface area contributed by atoms with Gasteiger partial charge in [0.2, 0.25) is 0 Å². The molecule has 2 aromatic carbocycles. The first kappa shape index (κ1) is 12.4. The number of benzene rings is 2. The quantitative estimate of drug-likeness (QED) is 0.808. The summed E-state index contributed by atoms with van der Waals surface area (Å²) in [7, 11) is 0. The lowest BCUT2D eigenvalue weighted by molar-refractivity contribution is 0.619. The molecule has 0 saturated carbocycles. The molecule has 2 aliphatic heterocycles. The SMILES string of the molecule is Clc1cc2c(cc1Cl)C(C1Cc3ccccc3N1)CN2. The number of nitrogens with one attached hydrogen (secondary N) is 2. The van der Waals surface area contributed by atoms with Crippen molar-refractivity contribution < 1.29 is 0 Å². The van der Waals surface area contributed by atoms with Gasteiger partial charge in [-0.3, -0.25) is 0 Å². The Morgan fingerprint density at radius 1 is 1.00 bits per heavy atom. The first-order valence-corrected chi connectivity index (χ1v) is 7.55. The van der Waals surface area contributed by atoms with E-state index in [-0.39, 0.29) is 0 Å². The van der Waals surface area contributed by atoms with Crippen LogP contribution in [-0.2, 0) is 6.42 Å². The van der Waals surface area contributed by atoms with Gasteiger partial charge in [0, 0.05) is 29.9 Å². The van der Waals surface area contributed by atoms with Crippen molar-refractivity contribution in [2.24, 2.45) is 0 Å². The highest BCUT2D eigenvalue weighted by Gasteiger charge is 2.34. The Morgan fingerprint density at radius 3 is 2.65 bits per heavy atom. The van der Waals surface area contributed by atoms with Gasteiger partial charge in [-0.05, 0) is 35.7 Å². The minimum absolute atomic E-state index is 0.415. The molecular weight excluding hydrogens is 291 g/mol. The largest absolute Gasteiger partial charge is 0.384 e. The fourth-order valence-corrected chi connectivity index (χ4v) is 3.62. The molecule has 0 saturated heterocycles. The number of fused-ring (bicyclic) bond motifs is 2. The summed E-state index contributed by atoms with van der Waals surface area (Å²) in [5.74, 6) is 0.423. The summed E-state index contributed by atoms with van der Waals surface area (Å²) in [5.41, 5.74) is 5.03. The zero-order valence-electron chi connectivity index (χ0n) is 10.8. The first-order valence-electron chi connectivity index (χ1n) is 6.79. The van der Waals surface area contributed by atoms with E-state index in [2.05, 4.69) is 34.9 Å². The Labute approximate surface area is 128 Å². The van der Waals surface area contributed by atoms with Crippen molar-refractivity contribution in [1.29, 1.82) is 0 Å². The van der Waals surface area contributed by atoms with E-state index in [1.807, 2.05) is 12.1 Å². The van der Waals surface area contributed by atoms with Crippen LogP contribution in [0.25, 0.3) is 0 Å². The van der Waals surface area contributed by atoms with Crippen LogP contribution in [0, 0.1) is 0 Å². The van der Waals surface area contributed by atoms with Gasteiger partial charge in [-0.2, -0.15) is 0 Å². The molecule has 0 amide bonds.